The predicted octanol–water partition coefficient (Wildman–Crippen LogP) is 1.77. The van der Waals surface area contributed by atoms with E-state index in [4.69, 9.17) is 5.73 Å². The average molecular weight is 402 g/mol. The molecule has 0 aromatic heterocycles. The number of benzene rings is 1. The Bertz CT molecular complexity index is 716. The van der Waals surface area contributed by atoms with E-state index in [9.17, 15) is 13.2 Å². The van der Waals surface area contributed by atoms with Gasteiger partial charge in [-0.2, -0.15) is 4.31 Å². The van der Waals surface area contributed by atoms with E-state index in [-0.39, 0.29) is 30.3 Å². The highest BCUT2D eigenvalue weighted by Crippen LogP contribution is 2.27. The second-order valence-corrected chi connectivity index (χ2v) is 8.99. The lowest BCUT2D eigenvalue weighted by Crippen LogP contribution is -2.47. The largest absolute Gasteiger partial charge is 0.338 e. The number of carbonyl (C=O) groups is 1. The van der Waals surface area contributed by atoms with Gasteiger partial charge < -0.3 is 10.6 Å². The summed E-state index contributed by atoms with van der Waals surface area (Å²) in [6, 6.07) is 7.07. The Morgan fingerprint density at radius 2 is 1.73 bits per heavy atom. The van der Waals surface area contributed by atoms with Crippen LogP contribution < -0.4 is 5.73 Å². The van der Waals surface area contributed by atoms with Crippen LogP contribution in [0, 0.1) is 12.8 Å². The van der Waals surface area contributed by atoms with E-state index in [0.717, 1.165) is 24.9 Å². The summed E-state index contributed by atoms with van der Waals surface area (Å²) in [4.78, 5) is 15.0. The van der Waals surface area contributed by atoms with Crippen LogP contribution in [-0.4, -0.2) is 55.8 Å². The Balaban J connectivity index is 0.00000243. The quantitative estimate of drug-likeness (QED) is 0.833. The molecular weight excluding hydrogens is 374 g/mol. The van der Waals surface area contributed by atoms with Gasteiger partial charge >= 0.3 is 0 Å². The molecular formula is C18H28ClN3O3S. The van der Waals surface area contributed by atoms with Crippen LogP contribution in [0.4, 0.5) is 0 Å². The number of rotatable bonds is 4. The molecule has 0 aliphatic carbocycles. The van der Waals surface area contributed by atoms with Gasteiger partial charge in [0.15, 0.2) is 0 Å². The fourth-order valence-corrected chi connectivity index (χ4v) is 5.28. The van der Waals surface area contributed by atoms with Crippen LogP contribution in [0.25, 0.3) is 0 Å². The van der Waals surface area contributed by atoms with E-state index >= 15 is 0 Å². The molecule has 2 saturated heterocycles. The molecule has 2 fully saturated rings. The van der Waals surface area contributed by atoms with Crippen LogP contribution in [0.1, 0.15) is 31.2 Å². The summed E-state index contributed by atoms with van der Waals surface area (Å²) in [6.45, 7) is 4.01. The maximum Gasteiger partial charge on any atom is 0.243 e. The van der Waals surface area contributed by atoms with Crippen molar-refractivity contribution in [2.75, 3.05) is 26.2 Å². The summed E-state index contributed by atoms with van der Waals surface area (Å²) in [5.41, 5.74) is 6.80. The normalized spacial score (nSPS) is 22.2. The predicted molar refractivity (Wildman–Crippen MR) is 104 cm³/mol. The molecule has 1 atom stereocenters. The third-order valence-corrected chi connectivity index (χ3v) is 7.31. The number of carbonyl (C=O) groups excluding carboxylic acids is 1. The van der Waals surface area contributed by atoms with Crippen molar-refractivity contribution in [1.82, 2.24) is 9.21 Å². The summed E-state index contributed by atoms with van der Waals surface area (Å²) in [7, 11) is -3.47. The first-order valence-corrected chi connectivity index (χ1v) is 10.4. The summed E-state index contributed by atoms with van der Waals surface area (Å²) in [5, 5.41) is 0. The molecule has 1 unspecified atom stereocenters. The van der Waals surface area contributed by atoms with Gasteiger partial charge in [0.1, 0.15) is 0 Å². The third-order valence-electron chi connectivity index (χ3n) is 5.39. The number of sulfonamides is 1. The highest BCUT2D eigenvalue weighted by molar-refractivity contribution is 7.89. The van der Waals surface area contributed by atoms with Crippen molar-refractivity contribution < 1.29 is 13.2 Å². The van der Waals surface area contributed by atoms with Gasteiger partial charge in [0.05, 0.1) is 4.90 Å². The van der Waals surface area contributed by atoms with Gasteiger partial charge in [0.25, 0.3) is 0 Å². The molecule has 1 aromatic carbocycles. The molecule has 6 nitrogen and oxygen atoms in total. The summed E-state index contributed by atoms with van der Waals surface area (Å²) in [5.74, 6) is 0.0666. The van der Waals surface area contributed by atoms with Gasteiger partial charge in [-0.3, -0.25) is 4.79 Å². The molecule has 2 aliphatic rings. The van der Waals surface area contributed by atoms with Crippen molar-refractivity contribution >= 4 is 28.3 Å². The van der Waals surface area contributed by atoms with Gasteiger partial charge in [-0.25, -0.2) is 8.42 Å². The van der Waals surface area contributed by atoms with Crippen LogP contribution in [-0.2, 0) is 14.8 Å². The van der Waals surface area contributed by atoms with E-state index in [1.54, 1.807) is 12.1 Å². The van der Waals surface area contributed by atoms with Crippen LogP contribution in [0.3, 0.4) is 0 Å². The number of nitrogens with two attached hydrogens (primary N) is 1. The Kier molecular flexibility index (Phi) is 7.07. The van der Waals surface area contributed by atoms with Crippen molar-refractivity contribution in [3.05, 3.63) is 29.8 Å². The molecule has 2 aliphatic heterocycles. The Morgan fingerprint density at radius 1 is 1.12 bits per heavy atom. The molecule has 0 bridgehead atoms. The van der Waals surface area contributed by atoms with Crippen LogP contribution in [0.2, 0.25) is 0 Å². The Morgan fingerprint density at radius 3 is 2.31 bits per heavy atom. The smallest absolute Gasteiger partial charge is 0.243 e. The van der Waals surface area contributed by atoms with Gasteiger partial charge in [-0.1, -0.05) is 17.7 Å². The zero-order chi connectivity index (χ0) is 18.0. The molecule has 1 amide bonds. The third kappa shape index (κ3) is 4.22. The molecule has 26 heavy (non-hydrogen) atoms. The lowest BCUT2D eigenvalue weighted by molar-refractivity contribution is -0.137. The average Bonchev–Trinajstić information content (AvgIpc) is 3.10. The van der Waals surface area contributed by atoms with E-state index in [0.29, 0.717) is 37.4 Å². The zero-order valence-electron chi connectivity index (χ0n) is 15.1. The Labute approximate surface area is 162 Å². The molecule has 146 valence electrons. The topological polar surface area (TPSA) is 83.7 Å². The number of likely N-dealkylation sites (tertiary alicyclic amines) is 1. The molecule has 8 heteroatoms. The highest BCUT2D eigenvalue weighted by atomic mass is 35.5. The second-order valence-electron chi connectivity index (χ2n) is 7.05. The van der Waals surface area contributed by atoms with Crippen molar-refractivity contribution in [3.8, 4) is 0 Å². The minimum atomic E-state index is -3.47. The molecule has 0 radical (unpaired) electrons. The van der Waals surface area contributed by atoms with Crippen LogP contribution >= 0.6 is 12.4 Å². The summed E-state index contributed by atoms with van der Waals surface area (Å²) < 4.78 is 27.0. The first-order valence-electron chi connectivity index (χ1n) is 9.01. The zero-order valence-corrected chi connectivity index (χ0v) is 16.8. The van der Waals surface area contributed by atoms with Crippen molar-refractivity contribution in [2.45, 2.75) is 43.5 Å². The molecule has 3 rings (SSSR count). The van der Waals surface area contributed by atoms with Gasteiger partial charge in [-0.15, -0.1) is 12.4 Å². The fourth-order valence-electron chi connectivity index (χ4n) is 3.81. The summed E-state index contributed by atoms with van der Waals surface area (Å²) >= 11 is 0. The SMILES string of the molecule is Cc1ccc(S(=O)(=O)N2CCC(C(=O)N3CCCC3CN)CC2)cc1.Cl. The van der Waals surface area contributed by atoms with Gasteiger partial charge in [0.2, 0.25) is 15.9 Å². The van der Waals surface area contributed by atoms with Crippen molar-refractivity contribution in [3.63, 3.8) is 0 Å². The number of halogens is 1. The molecule has 2 N–H and O–H groups in total. The summed E-state index contributed by atoms with van der Waals surface area (Å²) in [6.07, 6.45) is 3.15. The number of nitrogens with zero attached hydrogens (tertiary/aromatic N) is 2. The second kappa shape index (κ2) is 8.69. The maximum absolute atomic E-state index is 12.7. The number of aryl methyl sites for hydroxylation is 1. The first kappa shape index (κ1) is 21.2. The van der Waals surface area contributed by atoms with Crippen LogP contribution in [0.15, 0.2) is 29.2 Å². The first-order chi connectivity index (χ1) is 11.9. The molecule has 0 spiro atoms. The van der Waals surface area contributed by atoms with Gasteiger partial charge in [-0.05, 0) is 44.7 Å². The standard InChI is InChI=1S/C18H27N3O3S.ClH/c1-14-4-6-17(7-5-14)25(23,24)20-11-8-15(9-12-20)18(22)21-10-2-3-16(21)13-19;/h4-7,15-16H,2-3,8-13,19H2,1H3;1H. The maximum atomic E-state index is 12.7. The van der Waals surface area contributed by atoms with E-state index in [1.807, 2.05) is 24.0 Å². The van der Waals surface area contributed by atoms with E-state index < -0.39 is 10.0 Å². The number of hydrogen-bond donors (Lipinski definition) is 1. The highest BCUT2D eigenvalue weighted by Gasteiger charge is 2.36. The van der Waals surface area contributed by atoms with Crippen molar-refractivity contribution in [2.24, 2.45) is 11.7 Å². The lowest BCUT2D eigenvalue weighted by Gasteiger charge is -2.34. The monoisotopic (exact) mass is 401 g/mol. The van der Waals surface area contributed by atoms with Crippen LogP contribution in [0.5, 0.6) is 0 Å². The van der Waals surface area contributed by atoms with E-state index in [2.05, 4.69) is 0 Å². The van der Waals surface area contributed by atoms with Gasteiger partial charge in [0, 0.05) is 38.1 Å². The molecule has 0 saturated carbocycles. The van der Waals surface area contributed by atoms with Crippen molar-refractivity contribution in [1.29, 1.82) is 0 Å². The number of hydrogen-bond acceptors (Lipinski definition) is 4. The molecule has 1 aromatic rings. The van der Waals surface area contributed by atoms with E-state index in [1.165, 1.54) is 4.31 Å². The number of piperidine rings is 1. The minimum Gasteiger partial charge on any atom is -0.338 e. The Hall–Kier alpha value is -1.15. The number of amides is 1. The molecule has 2 heterocycles. The lowest BCUT2D eigenvalue weighted by atomic mass is 9.96. The fraction of sp³-hybridized carbons (Fsp3) is 0.611. The minimum absolute atomic E-state index is 0.